The number of aryl methyl sites for hydroxylation is 1. The number of benzene rings is 2. The first kappa shape index (κ1) is 24.0. The first-order valence-corrected chi connectivity index (χ1v) is 10.1. The number of anilines is 1. The molecule has 2 amide bonds. The van der Waals surface area contributed by atoms with Crippen molar-refractivity contribution in [1.82, 2.24) is 9.88 Å². The van der Waals surface area contributed by atoms with Crippen LogP contribution in [0.25, 0.3) is 11.3 Å². The van der Waals surface area contributed by atoms with Gasteiger partial charge in [-0.15, -0.1) is 0 Å². The number of oxazole rings is 1. The minimum atomic E-state index is -4.62. The molecule has 0 saturated carbocycles. The predicted octanol–water partition coefficient (Wildman–Crippen LogP) is 4.92. The van der Waals surface area contributed by atoms with Crippen molar-refractivity contribution in [3.8, 4) is 11.3 Å². The number of carbonyl (C=O) groups is 2. The maximum atomic E-state index is 13.9. The van der Waals surface area contributed by atoms with Crippen LogP contribution in [0.3, 0.4) is 0 Å². The van der Waals surface area contributed by atoms with Gasteiger partial charge < -0.3 is 14.6 Å². The monoisotopic (exact) mass is 463 g/mol. The molecule has 0 bridgehead atoms. The van der Waals surface area contributed by atoms with Crippen LogP contribution in [0.15, 0.2) is 59.1 Å². The van der Waals surface area contributed by atoms with Crippen LogP contribution in [0.5, 0.6) is 0 Å². The molecule has 174 valence electrons. The summed E-state index contributed by atoms with van der Waals surface area (Å²) in [5.74, 6) is -1.17. The van der Waals surface area contributed by atoms with Crippen molar-refractivity contribution in [2.24, 2.45) is 0 Å². The van der Waals surface area contributed by atoms with Gasteiger partial charge in [0.1, 0.15) is 5.82 Å². The Morgan fingerprint density at radius 3 is 2.48 bits per heavy atom. The number of amides is 2. The Morgan fingerprint density at radius 2 is 1.79 bits per heavy atom. The van der Waals surface area contributed by atoms with E-state index in [4.69, 9.17) is 4.42 Å². The molecule has 0 aliphatic heterocycles. The molecule has 0 radical (unpaired) electrons. The Bertz CT molecular complexity index is 1130. The Labute approximate surface area is 187 Å². The molecule has 33 heavy (non-hydrogen) atoms. The molecular weight excluding hydrogens is 442 g/mol. The normalized spacial score (nSPS) is 11.3. The molecule has 0 aliphatic rings. The summed E-state index contributed by atoms with van der Waals surface area (Å²) in [6, 6.07) is 10.6. The predicted molar refractivity (Wildman–Crippen MR) is 113 cm³/mol. The van der Waals surface area contributed by atoms with Crippen molar-refractivity contribution in [1.29, 1.82) is 0 Å². The standard InChI is InChI=1S/C23H21F4N3O3/c1-2-30(14-20(31)29-18-10-6-4-8-16(18)23(25,26)27)22(32)12-11-21-28-13-19(33-21)15-7-3-5-9-17(15)24/h3-10,13H,2,11-12,14H2,1H3,(H,29,31). The summed E-state index contributed by atoms with van der Waals surface area (Å²) in [6.07, 6.45) is -3.19. The van der Waals surface area contributed by atoms with Gasteiger partial charge in [0.05, 0.1) is 29.6 Å². The van der Waals surface area contributed by atoms with Crippen molar-refractivity contribution in [2.45, 2.75) is 25.9 Å². The fourth-order valence-electron chi connectivity index (χ4n) is 3.16. The zero-order chi connectivity index (χ0) is 24.0. The number of carbonyl (C=O) groups excluding carboxylic acids is 2. The van der Waals surface area contributed by atoms with Gasteiger partial charge in [0.25, 0.3) is 0 Å². The lowest BCUT2D eigenvalue weighted by Crippen LogP contribution is -2.38. The number of hydrogen-bond donors (Lipinski definition) is 1. The molecule has 3 aromatic rings. The van der Waals surface area contributed by atoms with Crippen LogP contribution >= 0.6 is 0 Å². The largest absolute Gasteiger partial charge is 0.441 e. The van der Waals surface area contributed by atoms with Crippen LogP contribution < -0.4 is 5.32 Å². The van der Waals surface area contributed by atoms with E-state index in [1.165, 1.54) is 29.3 Å². The van der Waals surface area contributed by atoms with Crippen LogP contribution in [0.4, 0.5) is 23.2 Å². The van der Waals surface area contributed by atoms with Gasteiger partial charge in [-0.3, -0.25) is 9.59 Å². The summed E-state index contributed by atoms with van der Waals surface area (Å²) in [7, 11) is 0. The lowest BCUT2D eigenvalue weighted by molar-refractivity contribution is -0.137. The highest BCUT2D eigenvalue weighted by molar-refractivity contribution is 5.95. The molecule has 0 atom stereocenters. The summed E-state index contributed by atoms with van der Waals surface area (Å²) in [5, 5.41) is 2.22. The molecule has 0 unspecified atom stereocenters. The van der Waals surface area contributed by atoms with Crippen LogP contribution in [0.1, 0.15) is 24.8 Å². The number of nitrogens with zero attached hydrogens (tertiary/aromatic N) is 2. The van der Waals surface area contributed by atoms with Gasteiger partial charge in [-0.25, -0.2) is 9.37 Å². The van der Waals surface area contributed by atoms with Gasteiger partial charge in [-0.1, -0.05) is 24.3 Å². The fraction of sp³-hybridized carbons (Fsp3) is 0.261. The van der Waals surface area contributed by atoms with E-state index >= 15 is 0 Å². The Kier molecular flexibility index (Phi) is 7.47. The number of para-hydroxylation sites is 1. The summed E-state index contributed by atoms with van der Waals surface area (Å²) in [5.41, 5.74) is -1.10. The van der Waals surface area contributed by atoms with Crippen molar-refractivity contribution in [2.75, 3.05) is 18.4 Å². The van der Waals surface area contributed by atoms with Gasteiger partial charge in [0, 0.05) is 19.4 Å². The van der Waals surface area contributed by atoms with Gasteiger partial charge in [0.2, 0.25) is 11.8 Å². The van der Waals surface area contributed by atoms with E-state index in [9.17, 15) is 27.2 Å². The van der Waals surface area contributed by atoms with Crippen LogP contribution in [-0.2, 0) is 22.2 Å². The van der Waals surface area contributed by atoms with Crippen LogP contribution in [-0.4, -0.2) is 34.8 Å². The number of rotatable bonds is 8. The van der Waals surface area contributed by atoms with Crippen molar-refractivity contribution in [3.05, 3.63) is 72.0 Å². The molecule has 0 spiro atoms. The minimum Gasteiger partial charge on any atom is -0.441 e. The molecule has 3 rings (SSSR count). The SMILES string of the molecule is CCN(CC(=O)Nc1ccccc1C(F)(F)F)C(=O)CCc1ncc(-c2ccccc2F)o1. The number of alkyl halides is 3. The van der Waals surface area contributed by atoms with E-state index in [0.717, 1.165) is 12.1 Å². The average molecular weight is 463 g/mol. The lowest BCUT2D eigenvalue weighted by atomic mass is 10.1. The second kappa shape index (κ2) is 10.3. The summed E-state index contributed by atoms with van der Waals surface area (Å²) in [4.78, 5) is 30.1. The van der Waals surface area contributed by atoms with Crippen molar-refractivity contribution in [3.63, 3.8) is 0 Å². The highest BCUT2D eigenvalue weighted by Gasteiger charge is 2.33. The first-order valence-electron chi connectivity index (χ1n) is 10.1. The highest BCUT2D eigenvalue weighted by atomic mass is 19.4. The quantitative estimate of drug-likeness (QED) is 0.482. The lowest BCUT2D eigenvalue weighted by Gasteiger charge is -2.21. The van der Waals surface area contributed by atoms with E-state index in [0.29, 0.717) is 0 Å². The maximum Gasteiger partial charge on any atom is 0.418 e. The van der Waals surface area contributed by atoms with Crippen LogP contribution in [0, 0.1) is 5.82 Å². The highest BCUT2D eigenvalue weighted by Crippen LogP contribution is 2.34. The van der Waals surface area contributed by atoms with E-state index in [2.05, 4.69) is 10.3 Å². The number of likely N-dealkylation sites (N-methyl/N-ethyl adjacent to an activating group) is 1. The van der Waals surface area contributed by atoms with Gasteiger partial charge in [-0.05, 0) is 31.2 Å². The minimum absolute atomic E-state index is 0.0442. The zero-order valence-electron chi connectivity index (χ0n) is 17.7. The summed E-state index contributed by atoms with van der Waals surface area (Å²) < 4.78 is 58.7. The third kappa shape index (κ3) is 6.18. The second-order valence-corrected chi connectivity index (χ2v) is 7.10. The topological polar surface area (TPSA) is 75.4 Å². The van der Waals surface area contributed by atoms with Gasteiger partial charge in [-0.2, -0.15) is 13.2 Å². The Balaban J connectivity index is 1.58. The van der Waals surface area contributed by atoms with Crippen molar-refractivity contribution < 1.29 is 31.6 Å². The number of hydrogen-bond acceptors (Lipinski definition) is 4. The molecule has 1 N–H and O–H groups in total. The second-order valence-electron chi connectivity index (χ2n) is 7.10. The zero-order valence-corrected chi connectivity index (χ0v) is 17.7. The molecule has 10 heteroatoms. The molecule has 0 fully saturated rings. The summed E-state index contributed by atoms with van der Waals surface area (Å²) in [6.45, 7) is 1.42. The van der Waals surface area contributed by atoms with E-state index < -0.39 is 35.9 Å². The van der Waals surface area contributed by atoms with Crippen LogP contribution in [0.2, 0.25) is 0 Å². The third-order valence-electron chi connectivity index (χ3n) is 4.82. The molecular formula is C23H21F4N3O3. The van der Waals surface area contributed by atoms with E-state index in [-0.39, 0.29) is 42.3 Å². The number of aromatic nitrogens is 1. The molecule has 0 saturated heterocycles. The van der Waals surface area contributed by atoms with E-state index in [1.54, 1.807) is 25.1 Å². The van der Waals surface area contributed by atoms with Gasteiger partial charge in [0.15, 0.2) is 11.7 Å². The molecule has 1 aromatic heterocycles. The molecule has 1 heterocycles. The fourth-order valence-corrected chi connectivity index (χ4v) is 3.16. The van der Waals surface area contributed by atoms with E-state index in [1.807, 2.05) is 0 Å². The van der Waals surface area contributed by atoms with Crippen molar-refractivity contribution >= 4 is 17.5 Å². The first-order chi connectivity index (χ1) is 15.7. The number of nitrogens with one attached hydrogen (secondary N) is 1. The molecule has 6 nitrogen and oxygen atoms in total. The number of halogens is 4. The smallest absolute Gasteiger partial charge is 0.418 e. The average Bonchev–Trinajstić information content (AvgIpc) is 3.24. The van der Waals surface area contributed by atoms with Gasteiger partial charge >= 0.3 is 6.18 Å². The Hall–Kier alpha value is -3.69. The maximum absolute atomic E-state index is 13.9. The Morgan fingerprint density at radius 1 is 1.09 bits per heavy atom. The molecule has 0 aliphatic carbocycles. The third-order valence-corrected chi connectivity index (χ3v) is 4.82. The molecule has 2 aromatic carbocycles. The summed E-state index contributed by atoms with van der Waals surface area (Å²) >= 11 is 0.